The van der Waals surface area contributed by atoms with Gasteiger partial charge in [0.05, 0.1) is 12.0 Å². The van der Waals surface area contributed by atoms with E-state index >= 15 is 0 Å². The SMILES string of the molecule is C[C@H]1C(=O)N[C@H]1O[C@@H]1[C@H]2OC(C)(C)O[C@H]2O[C@@H]1CI. The zero-order valence-electron chi connectivity index (χ0n) is 11.1. The highest BCUT2D eigenvalue weighted by Gasteiger charge is 2.56. The third-order valence-corrected chi connectivity index (χ3v) is 4.56. The Hall–Kier alpha value is 0.0400. The molecule has 3 saturated heterocycles. The summed E-state index contributed by atoms with van der Waals surface area (Å²) in [4.78, 5) is 11.2. The number of β-lactam (4-membered cyclic amide) rings is 1. The van der Waals surface area contributed by atoms with Gasteiger partial charge < -0.3 is 24.3 Å². The van der Waals surface area contributed by atoms with Gasteiger partial charge in [-0.2, -0.15) is 0 Å². The summed E-state index contributed by atoms with van der Waals surface area (Å²) in [6, 6.07) is 0. The van der Waals surface area contributed by atoms with E-state index in [4.69, 9.17) is 18.9 Å². The number of hydrogen-bond acceptors (Lipinski definition) is 5. The van der Waals surface area contributed by atoms with Crippen molar-refractivity contribution in [3.63, 3.8) is 0 Å². The molecule has 6 nitrogen and oxygen atoms in total. The van der Waals surface area contributed by atoms with Crippen LogP contribution in [0.4, 0.5) is 0 Å². The average Bonchev–Trinajstić information content (AvgIpc) is 2.81. The van der Waals surface area contributed by atoms with Crippen molar-refractivity contribution >= 4 is 28.5 Å². The fraction of sp³-hybridized carbons (Fsp3) is 0.917. The van der Waals surface area contributed by atoms with Crippen LogP contribution < -0.4 is 5.32 Å². The number of rotatable bonds is 3. The number of halogens is 1. The Morgan fingerprint density at radius 2 is 2.16 bits per heavy atom. The second kappa shape index (κ2) is 4.80. The standard InChI is InChI=1S/C12H18INO5/c1-5-9(15)14-10(5)17-7-6(4-13)16-11-8(7)18-12(2,3)19-11/h5-8,10-11H,4H2,1-3H3,(H,14,15)/t5-,6+,7-,8+,10-,11+/m0/s1. The van der Waals surface area contributed by atoms with Crippen LogP contribution >= 0.6 is 22.6 Å². The highest BCUT2D eigenvalue weighted by molar-refractivity contribution is 14.1. The van der Waals surface area contributed by atoms with Crippen molar-refractivity contribution < 1.29 is 23.7 Å². The van der Waals surface area contributed by atoms with E-state index in [1.54, 1.807) is 0 Å². The maximum absolute atomic E-state index is 11.2. The van der Waals surface area contributed by atoms with Gasteiger partial charge >= 0.3 is 0 Å². The smallest absolute Gasteiger partial charge is 0.229 e. The molecule has 0 radical (unpaired) electrons. The quantitative estimate of drug-likeness (QED) is 0.443. The monoisotopic (exact) mass is 383 g/mol. The van der Waals surface area contributed by atoms with Gasteiger partial charge in [-0.15, -0.1) is 0 Å². The number of carbonyl (C=O) groups excluding carboxylic acids is 1. The first-order chi connectivity index (χ1) is 8.91. The Bertz CT molecular complexity index is 390. The van der Waals surface area contributed by atoms with Crippen molar-refractivity contribution in [2.45, 2.75) is 57.4 Å². The van der Waals surface area contributed by atoms with E-state index in [0.717, 1.165) is 4.43 Å². The number of amides is 1. The molecule has 19 heavy (non-hydrogen) atoms. The third-order valence-electron chi connectivity index (χ3n) is 3.70. The maximum atomic E-state index is 11.2. The second-order valence-electron chi connectivity index (χ2n) is 5.62. The Morgan fingerprint density at radius 3 is 2.74 bits per heavy atom. The largest absolute Gasteiger partial charge is 0.349 e. The molecular weight excluding hydrogens is 365 g/mol. The number of ether oxygens (including phenoxy) is 4. The van der Waals surface area contributed by atoms with E-state index in [2.05, 4.69) is 27.9 Å². The number of hydrogen-bond donors (Lipinski definition) is 1. The summed E-state index contributed by atoms with van der Waals surface area (Å²) in [7, 11) is 0. The van der Waals surface area contributed by atoms with Crippen LogP contribution in [0.15, 0.2) is 0 Å². The van der Waals surface area contributed by atoms with Gasteiger partial charge in [-0.25, -0.2) is 0 Å². The summed E-state index contributed by atoms with van der Waals surface area (Å²) in [5.74, 6) is -0.749. The fourth-order valence-corrected chi connectivity index (χ4v) is 3.30. The molecule has 3 rings (SSSR count). The number of carbonyl (C=O) groups is 1. The summed E-state index contributed by atoms with van der Waals surface area (Å²) < 4.78 is 24.1. The lowest BCUT2D eigenvalue weighted by atomic mass is 10.0. The fourth-order valence-electron chi connectivity index (χ4n) is 2.59. The highest BCUT2D eigenvalue weighted by Crippen LogP contribution is 2.40. The maximum Gasteiger partial charge on any atom is 0.229 e. The molecule has 3 heterocycles. The van der Waals surface area contributed by atoms with Gasteiger partial charge in [0, 0.05) is 4.43 Å². The topological polar surface area (TPSA) is 66.0 Å². The molecule has 6 atom stereocenters. The predicted octanol–water partition coefficient (Wildman–Crippen LogP) is 0.775. The molecule has 0 aromatic rings. The van der Waals surface area contributed by atoms with Gasteiger partial charge in [0.1, 0.15) is 18.4 Å². The molecule has 7 heteroatoms. The van der Waals surface area contributed by atoms with Crippen LogP contribution in [0.1, 0.15) is 20.8 Å². The van der Waals surface area contributed by atoms with Crippen LogP contribution in [-0.2, 0) is 23.7 Å². The van der Waals surface area contributed by atoms with Crippen LogP contribution in [0.3, 0.4) is 0 Å². The normalized spacial score (nSPS) is 47.7. The van der Waals surface area contributed by atoms with Gasteiger partial charge in [0.2, 0.25) is 5.91 Å². The number of fused-ring (bicyclic) bond motifs is 1. The second-order valence-corrected chi connectivity index (χ2v) is 6.50. The van der Waals surface area contributed by atoms with Crippen molar-refractivity contribution in [1.29, 1.82) is 0 Å². The molecular formula is C12H18INO5. The van der Waals surface area contributed by atoms with Crippen LogP contribution in [0.25, 0.3) is 0 Å². The van der Waals surface area contributed by atoms with Crippen molar-refractivity contribution in [3.05, 3.63) is 0 Å². The molecule has 1 amide bonds. The van der Waals surface area contributed by atoms with Crippen LogP contribution in [-0.4, -0.2) is 47.0 Å². The Kier molecular flexibility index (Phi) is 3.54. The van der Waals surface area contributed by atoms with Crippen LogP contribution in [0, 0.1) is 5.92 Å². The van der Waals surface area contributed by atoms with Crippen molar-refractivity contribution in [3.8, 4) is 0 Å². The summed E-state index contributed by atoms with van der Waals surface area (Å²) in [5, 5.41) is 2.75. The highest BCUT2D eigenvalue weighted by atomic mass is 127. The molecule has 0 unspecified atom stereocenters. The molecule has 108 valence electrons. The van der Waals surface area contributed by atoms with Gasteiger partial charge in [0.25, 0.3) is 0 Å². The lowest BCUT2D eigenvalue weighted by molar-refractivity contribution is -0.224. The summed E-state index contributed by atoms with van der Waals surface area (Å²) >= 11 is 2.26. The molecule has 0 saturated carbocycles. The molecule has 3 aliphatic rings. The zero-order valence-corrected chi connectivity index (χ0v) is 13.2. The minimum Gasteiger partial charge on any atom is -0.349 e. The van der Waals surface area contributed by atoms with Crippen molar-refractivity contribution in [2.75, 3.05) is 4.43 Å². The third kappa shape index (κ3) is 2.39. The van der Waals surface area contributed by atoms with Crippen LogP contribution in [0.5, 0.6) is 0 Å². The first-order valence-electron chi connectivity index (χ1n) is 6.44. The van der Waals surface area contributed by atoms with E-state index in [1.807, 2.05) is 20.8 Å². The molecule has 0 aliphatic carbocycles. The van der Waals surface area contributed by atoms with Gasteiger partial charge in [0.15, 0.2) is 12.1 Å². The average molecular weight is 383 g/mol. The Labute approximate surface area is 125 Å². The lowest BCUT2D eigenvalue weighted by Gasteiger charge is -2.37. The number of alkyl halides is 1. The van der Waals surface area contributed by atoms with Gasteiger partial charge in [-0.1, -0.05) is 22.6 Å². The molecule has 0 spiro atoms. The molecule has 3 aliphatic heterocycles. The molecule has 1 N–H and O–H groups in total. The zero-order chi connectivity index (χ0) is 13.8. The Balaban J connectivity index is 1.69. The first kappa shape index (κ1) is 14.0. The van der Waals surface area contributed by atoms with E-state index in [9.17, 15) is 4.79 Å². The van der Waals surface area contributed by atoms with E-state index in [1.165, 1.54) is 0 Å². The van der Waals surface area contributed by atoms with E-state index in [-0.39, 0.29) is 42.7 Å². The first-order valence-corrected chi connectivity index (χ1v) is 7.97. The summed E-state index contributed by atoms with van der Waals surface area (Å²) in [6.45, 7) is 5.57. The molecule has 0 bridgehead atoms. The van der Waals surface area contributed by atoms with Gasteiger partial charge in [-0.3, -0.25) is 4.79 Å². The van der Waals surface area contributed by atoms with Crippen molar-refractivity contribution in [1.82, 2.24) is 5.32 Å². The number of nitrogens with one attached hydrogen (secondary N) is 1. The molecule has 0 aromatic heterocycles. The minimum absolute atomic E-state index is 0.0235. The predicted molar refractivity (Wildman–Crippen MR) is 73.6 cm³/mol. The van der Waals surface area contributed by atoms with E-state index < -0.39 is 5.79 Å². The summed E-state index contributed by atoms with van der Waals surface area (Å²) in [5.41, 5.74) is 0. The minimum atomic E-state index is -0.651. The van der Waals surface area contributed by atoms with E-state index in [0.29, 0.717) is 0 Å². The summed E-state index contributed by atoms with van der Waals surface area (Å²) in [6.07, 6.45) is -1.16. The van der Waals surface area contributed by atoms with Crippen LogP contribution in [0.2, 0.25) is 0 Å². The Morgan fingerprint density at radius 1 is 1.42 bits per heavy atom. The molecule has 3 fully saturated rings. The molecule has 0 aromatic carbocycles. The van der Waals surface area contributed by atoms with Gasteiger partial charge in [-0.05, 0) is 20.8 Å². The van der Waals surface area contributed by atoms with Crippen molar-refractivity contribution in [2.24, 2.45) is 5.92 Å². The lowest BCUT2D eigenvalue weighted by Crippen LogP contribution is -2.60.